The van der Waals surface area contributed by atoms with Crippen molar-refractivity contribution < 1.29 is 4.57 Å². The number of hydrogen-bond acceptors (Lipinski definition) is 3. The van der Waals surface area contributed by atoms with Gasteiger partial charge in [-0.15, -0.1) is 0 Å². The van der Waals surface area contributed by atoms with Gasteiger partial charge in [-0.3, -0.25) is 4.79 Å². The molecule has 23 heavy (non-hydrogen) atoms. The molecular formula is C18H13N3OS. The Bertz CT molecular complexity index is 958. The predicted octanol–water partition coefficient (Wildman–Crippen LogP) is 2.20. The highest BCUT2D eigenvalue weighted by Gasteiger charge is 2.21. The monoisotopic (exact) mass is 319 g/mol. The largest absolute Gasteiger partial charge is 0.755 e. The van der Waals surface area contributed by atoms with Gasteiger partial charge in [0.1, 0.15) is 11.6 Å². The average molecular weight is 319 g/mol. The van der Waals surface area contributed by atoms with E-state index in [0.29, 0.717) is 16.4 Å². The second-order valence-corrected chi connectivity index (χ2v) is 5.40. The van der Waals surface area contributed by atoms with Crippen molar-refractivity contribution in [3.8, 4) is 17.4 Å². The molecule has 3 aromatic rings. The van der Waals surface area contributed by atoms with Crippen LogP contribution in [-0.2, 0) is 12.6 Å². The standard InChI is InChI=1S/C18H13N3OS/c1-13-15(12-19)17(22)16(20-10-6-3-7-11-20)18(23)21(13)14-8-4-2-5-9-14/h2-11H,1H3. The van der Waals surface area contributed by atoms with Gasteiger partial charge in [-0.25, -0.2) is 0 Å². The van der Waals surface area contributed by atoms with Crippen molar-refractivity contribution in [2.45, 2.75) is 11.9 Å². The lowest BCUT2D eigenvalue weighted by Crippen LogP contribution is -2.39. The third-order valence-electron chi connectivity index (χ3n) is 3.64. The molecule has 0 radical (unpaired) electrons. The molecule has 0 saturated carbocycles. The normalized spacial score (nSPS) is 10.3. The number of benzene rings is 1. The maximum Gasteiger partial charge on any atom is 0.269 e. The van der Waals surface area contributed by atoms with E-state index < -0.39 is 0 Å². The van der Waals surface area contributed by atoms with Crippen molar-refractivity contribution in [2.75, 3.05) is 0 Å². The first-order chi connectivity index (χ1) is 11.1. The second kappa shape index (κ2) is 6.03. The fourth-order valence-corrected chi connectivity index (χ4v) is 2.99. The van der Waals surface area contributed by atoms with Crippen molar-refractivity contribution in [2.24, 2.45) is 0 Å². The Morgan fingerprint density at radius 2 is 1.70 bits per heavy atom. The summed E-state index contributed by atoms with van der Waals surface area (Å²) in [7, 11) is 0. The summed E-state index contributed by atoms with van der Waals surface area (Å²) in [6.45, 7) is 1.74. The number of rotatable bonds is 2. The summed E-state index contributed by atoms with van der Waals surface area (Å²) in [5.74, 6) is 0. The third-order valence-corrected chi connectivity index (χ3v) is 4.02. The van der Waals surface area contributed by atoms with Crippen LogP contribution in [0.15, 0.2) is 70.7 Å². The third kappa shape index (κ3) is 2.50. The van der Waals surface area contributed by atoms with E-state index in [2.05, 4.69) is 0 Å². The van der Waals surface area contributed by atoms with Crippen LogP contribution in [0.5, 0.6) is 0 Å². The van der Waals surface area contributed by atoms with Crippen molar-refractivity contribution in [3.05, 3.63) is 82.4 Å². The lowest BCUT2D eigenvalue weighted by Gasteiger charge is -2.22. The maximum atomic E-state index is 12.7. The van der Waals surface area contributed by atoms with Crippen LogP contribution in [0.4, 0.5) is 0 Å². The van der Waals surface area contributed by atoms with Gasteiger partial charge in [0.25, 0.3) is 11.1 Å². The Labute approximate surface area is 139 Å². The van der Waals surface area contributed by atoms with Gasteiger partial charge in [-0.05, 0) is 24.1 Å². The molecule has 2 aromatic heterocycles. The molecule has 1 aromatic carbocycles. The van der Waals surface area contributed by atoms with Gasteiger partial charge in [0.2, 0.25) is 0 Å². The van der Waals surface area contributed by atoms with E-state index >= 15 is 0 Å². The summed E-state index contributed by atoms with van der Waals surface area (Å²) in [5.41, 5.74) is 1.44. The molecule has 0 unspecified atom stereocenters. The van der Waals surface area contributed by atoms with Crippen LogP contribution in [0.25, 0.3) is 11.4 Å². The van der Waals surface area contributed by atoms with Crippen LogP contribution in [-0.4, -0.2) is 4.57 Å². The Morgan fingerprint density at radius 1 is 1.09 bits per heavy atom. The van der Waals surface area contributed by atoms with Gasteiger partial charge in [0.15, 0.2) is 12.4 Å². The van der Waals surface area contributed by atoms with Crippen LogP contribution >= 0.6 is 0 Å². The molecule has 0 spiro atoms. The molecule has 0 aliphatic rings. The van der Waals surface area contributed by atoms with Crippen LogP contribution in [0.2, 0.25) is 0 Å². The minimum absolute atomic E-state index is 0.105. The van der Waals surface area contributed by atoms with Crippen LogP contribution in [0.1, 0.15) is 11.3 Å². The fraction of sp³-hybridized carbons (Fsp3) is 0.0556. The van der Waals surface area contributed by atoms with E-state index in [-0.39, 0.29) is 11.0 Å². The molecule has 0 N–H and O–H groups in total. The highest BCUT2D eigenvalue weighted by molar-refractivity contribution is 7.58. The molecule has 5 heteroatoms. The van der Waals surface area contributed by atoms with Gasteiger partial charge in [0.05, 0.1) is 0 Å². The van der Waals surface area contributed by atoms with E-state index in [4.69, 9.17) is 12.6 Å². The Balaban J connectivity index is 2.44. The molecule has 3 rings (SSSR count). The summed E-state index contributed by atoms with van der Waals surface area (Å²) >= 11 is 5.57. The van der Waals surface area contributed by atoms with Crippen molar-refractivity contribution in [1.82, 2.24) is 4.57 Å². The summed E-state index contributed by atoms with van der Waals surface area (Å²) in [6.07, 6.45) is 3.50. The van der Waals surface area contributed by atoms with E-state index in [9.17, 15) is 10.1 Å². The van der Waals surface area contributed by atoms with Crippen molar-refractivity contribution in [1.29, 1.82) is 5.26 Å². The van der Waals surface area contributed by atoms with E-state index in [1.807, 2.05) is 54.6 Å². The van der Waals surface area contributed by atoms with E-state index in [0.717, 1.165) is 5.69 Å². The van der Waals surface area contributed by atoms with Gasteiger partial charge in [-0.2, -0.15) is 9.83 Å². The molecule has 0 fully saturated rings. The minimum atomic E-state index is -0.349. The summed E-state index contributed by atoms with van der Waals surface area (Å²) < 4.78 is 3.43. The van der Waals surface area contributed by atoms with Crippen molar-refractivity contribution >= 4 is 12.6 Å². The number of nitriles is 1. The van der Waals surface area contributed by atoms with E-state index in [1.54, 1.807) is 28.5 Å². The zero-order chi connectivity index (χ0) is 16.4. The lowest BCUT2D eigenvalue weighted by molar-refractivity contribution is -0.599. The molecule has 0 bridgehead atoms. The zero-order valence-corrected chi connectivity index (χ0v) is 13.2. The van der Waals surface area contributed by atoms with Gasteiger partial charge < -0.3 is 17.2 Å². The number of para-hydroxylation sites is 1. The minimum Gasteiger partial charge on any atom is -0.755 e. The Kier molecular flexibility index (Phi) is 3.92. The van der Waals surface area contributed by atoms with Gasteiger partial charge in [0, 0.05) is 23.5 Å². The summed E-state index contributed by atoms with van der Waals surface area (Å²) in [4.78, 5) is 12.7. The zero-order valence-electron chi connectivity index (χ0n) is 12.4. The highest BCUT2D eigenvalue weighted by atomic mass is 32.1. The molecule has 0 aliphatic carbocycles. The van der Waals surface area contributed by atoms with Gasteiger partial charge in [-0.1, -0.05) is 24.3 Å². The predicted molar refractivity (Wildman–Crippen MR) is 88.7 cm³/mol. The molecular weight excluding hydrogens is 306 g/mol. The molecule has 2 heterocycles. The van der Waals surface area contributed by atoms with Crippen LogP contribution < -0.4 is 10.00 Å². The fourth-order valence-electron chi connectivity index (χ4n) is 2.54. The number of hydrogen-bond donors (Lipinski definition) is 0. The highest BCUT2D eigenvalue weighted by Crippen LogP contribution is 2.18. The molecule has 0 atom stereocenters. The first-order valence-corrected chi connectivity index (χ1v) is 7.44. The molecule has 4 nitrogen and oxygen atoms in total. The van der Waals surface area contributed by atoms with E-state index in [1.165, 1.54) is 0 Å². The SMILES string of the molecule is Cc1c(C#N)c(=O)c(-[n+]2ccccc2)c([S-])n1-c1ccccc1. The smallest absolute Gasteiger partial charge is 0.269 e. The van der Waals surface area contributed by atoms with Crippen molar-refractivity contribution in [3.63, 3.8) is 0 Å². The summed E-state index contributed by atoms with van der Waals surface area (Å²) in [6, 6.07) is 17.0. The second-order valence-electron chi connectivity index (χ2n) is 5.01. The summed E-state index contributed by atoms with van der Waals surface area (Å²) in [5, 5.41) is 9.81. The first-order valence-electron chi connectivity index (χ1n) is 7.04. The topological polar surface area (TPSA) is 49.7 Å². The number of pyridine rings is 2. The molecule has 112 valence electrons. The maximum absolute atomic E-state index is 12.7. The first kappa shape index (κ1) is 14.9. The quantitative estimate of drug-likeness (QED) is 0.537. The number of aromatic nitrogens is 2. The Morgan fingerprint density at radius 3 is 2.30 bits per heavy atom. The van der Waals surface area contributed by atoms with Crippen LogP contribution in [0.3, 0.4) is 0 Å². The average Bonchev–Trinajstić information content (AvgIpc) is 2.57. The molecule has 0 amide bonds. The molecule has 0 saturated heterocycles. The van der Waals surface area contributed by atoms with Gasteiger partial charge >= 0.3 is 0 Å². The number of nitrogens with zero attached hydrogens (tertiary/aromatic N) is 3. The Hall–Kier alpha value is -2.97. The molecule has 0 aliphatic heterocycles. The lowest BCUT2D eigenvalue weighted by atomic mass is 10.1. The van der Waals surface area contributed by atoms with Crippen LogP contribution in [0, 0.1) is 18.3 Å².